The zero-order valence-corrected chi connectivity index (χ0v) is 11.6. The Balaban J connectivity index is 2.40. The van der Waals surface area contributed by atoms with Crippen LogP contribution in [0.15, 0.2) is 12.1 Å². The van der Waals surface area contributed by atoms with Crippen LogP contribution in [0.25, 0.3) is 0 Å². The Bertz CT molecular complexity index is 418. The van der Waals surface area contributed by atoms with E-state index in [2.05, 4.69) is 6.92 Å². The molecule has 1 nitrogen and oxygen atoms in total. The fourth-order valence-corrected chi connectivity index (χ4v) is 3.45. The van der Waals surface area contributed by atoms with Crippen molar-refractivity contribution in [1.82, 2.24) is 0 Å². The number of benzene rings is 1. The van der Waals surface area contributed by atoms with Crippen LogP contribution in [0, 0.1) is 25.6 Å². The Hall–Kier alpha value is -0.890. The molecule has 1 fully saturated rings. The Morgan fingerprint density at radius 3 is 2.72 bits per heavy atom. The van der Waals surface area contributed by atoms with Crippen molar-refractivity contribution in [3.63, 3.8) is 0 Å². The molecule has 2 atom stereocenters. The van der Waals surface area contributed by atoms with Crippen molar-refractivity contribution in [3.05, 3.63) is 34.6 Å². The lowest BCUT2D eigenvalue weighted by Gasteiger charge is -2.38. The van der Waals surface area contributed by atoms with Gasteiger partial charge in [-0.05, 0) is 56.2 Å². The van der Waals surface area contributed by atoms with Crippen molar-refractivity contribution in [2.75, 3.05) is 0 Å². The zero-order chi connectivity index (χ0) is 13.3. The van der Waals surface area contributed by atoms with Gasteiger partial charge in [0.2, 0.25) is 0 Å². The first-order valence-corrected chi connectivity index (χ1v) is 6.96. The molecule has 2 heteroatoms. The summed E-state index contributed by atoms with van der Waals surface area (Å²) in [7, 11) is 0. The molecule has 1 aliphatic rings. The van der Waals surface area contributed by atoms with E-state index in [1.165, 1.54) is 6.07 Å². The number of halogens is 1. The second kappa shape index (κ2) is 5.00. The molecule has 1 aromatic rings. The maximum absolute atomic E-state index is 14.2. The number of aryl methyl sites for hydroxylation is 2. The van der Waals surface area contributed by atoms with Gasteiger partial charge in [-0.2, -0.15) is 0 Å². The van der Waals surface area contributed by atoms with E-state index in [-0.39, 0.29) is 5.82 Å². The SMILES string of the molecule is CCC1CCCC(O)(c2c(C)cc(C)cc2F)C1. The van der Waals surface area contributed by atoms with Crippen LogP contribution in [0.3, 0.4) is 0 Å². The summed E-state index contributed by atoms with van der Waals surface area (Å²) in [6, 6.07) is 3.50. The molecular weight excluding hydrogens is 227 g/mol. The number of hydrogen-bond donors (Lipinski definition) is 1. The van der Waals surface area contributed by atoms with Gasteiger partial charge in [0.1, 0.15) is 5.82 Å². The summed E-state index contributed by atoms with van der Waals surface area (Å²) in [6.45, 7) is 5.94. The van der Waals surface area contributed by atoms with Crippen LogP contribution in [0.4, 0.5) is 4.39 Å². The van der Waals surface area contributed by atoms with E-state index in [0.29, 0.717) is 24.3 Å². The van der Waals surface area contributed by atoms with Crippen LogP contribution in [-0.2, 0) is 5.60 Å². The maximum Gasteiger partial charge on any atom is 0.129 e. The lowest BCUT2D eigenvalue weighted by atomic mass is 9.72. The standard InChI is InChI=1S/C16H23FO/c1-4-13-6-5-7-16(18,10-13)15-12(3)8-11(2)9-14(15)17/h8-9,13,18H,4-7,10H2,1-3H3. The van der Waals surface area contributed by atoms with Gasteiger partial charge in [-0.3, -0.25) is 0 Å². The highest BCUT2D eigenvalue weighted by Crippen LogP contribution is 2.43. The van der Waals surface area contributed by atoms with E-state index in [9.17, 15) is 9.50 Å². The molecule has 0 aromatic heterocycles. The highest BCUT2D eigenvalue weighted by atomic mass is 19.1. The van der Waals surface area contributed by atoms with Gasteiger partial charge in [-0.25, -0.2) is 4.39 Å². The van der Waals surface area contributed by atoms with Crippen LogP contribution >= 0.6 is 0 Å². The van der Waals surface area contributed by atoms with Crippen molar-refractivity contribution in [2.45, 2.75) is 58.5 Å². The molecule has 2 unspecified atom stereocenters. The van der Waals surface area contributed by atoms with Crippen molar-refractivity contribution in [2.24, 2.45) is 5.92 Å². The average molecular weight is 250 g/mol. The van der Waals surface area contributed by atoms with E-state index in [1.54, 1.807) is 0 Å². The van der Waals surface area contributed by atoms with Gasteiger partial charge in [-0.1, -0.05) is 25.8 Å². The van der Waals surface area contributed by atoms with Crippen molar-refractivity contribution >= 4 is 0 Å². The first-order valence-electron chi connectivity index (χ1n) is 6.96. The number of aliphatic hydroxyl groups is 1. The number of hydrogen-bond acceptors (Lipinski definition) is 1. The third-order valence-corrected chi connectivity index (χ3v) is 4.30. The van der Waals surface area contributed by atoms with Gasteiger partial charge >= 0.3 is 0 Å². The molecule has 0 heterocycles. The van der Waals surface area contributed by atoms with Crippen LogP contribution in [-0.4, -0.2) is 5.11 Å². The summed E-state index contributed by atoms with van der Waals surface area (Å²) in [5.41, 5.74) is 1.37. The van der Waals surface area contributed by atoms with Gasteiger partial charge in [0.15, 0.2) is 0 Å². The smallest absolute Gasteiger partial charge is 0.129 e. The van der Waals surface area contributed by atoms with Crippen LogP contribution in [0.1, 0.15) is 55.7 Å². The average Bonchev–Trinajstić information content (AvgIpc) is 2.27. The minimum absolute atomic E-state index is 0.244. The van der Waals surface area contributed by atoms with Gasteiger partial charge in [-0.15, -0.1) is 0 Å². The van der Waals surface area contributed by atoms with Crippen molar-refractivity contribution in [3.8, 4) is 0 Å². The minimum atomic E-state index is -0.958. The fraction of sp³-hybridized carbons (Fsp3) is 0.625. The van der Waals surface area contributed by atoms with E-state index in [1.807, 2.05) is 19.9 Å². The molecule has 100 valence electrons. The lowest BCUT2D eigenvalue weighted by molar-refractivity contribution is -0.0250. The largest absolute Gasteiger partial charge is 0.385 e. The van der Waals surface area contributed by atoms with E-state index in [4.69, 9.17) is 0 Å². The summed E-state index contributed by atoms with van der Waals surface area (Å²) in [4.78, 5) is 0. The zero-order valence-electron chi connectivity index (χ0n) is 11.6. The van der Waals surface area contributed by atoms with Gasteiger partial charge in [0.05, 0.1) is 5.60 Å². The summed E-state index contributed by atoms with van der Waals surface area (Å²) < 4.78 is 14.2. The van der Waals surface area contributed by atoms with Crippen molar-refractivity contribution < 1.29 is 9.50 Å². The highest BCUT2D eigenvalue weighted by molar-refractivity contribution is 5.36. The first kappa shape index (κ1) is 13.5. The molecule has 2 rings (SSSR count). The van der Waals surface area contributed by atoms with Gasteiger partial charge in [0, 0.05) is 5.56 Å². The Kier molecular flexibility index (Phi) is 3.76. The Labute approximate surface area is 109 Å². The second-order valence-corrected chi connectivity index (χ2v) is 5.84. The molecule has 1 aromatic carbocycles. The third kappa shape index (κ3) is 2.44. The predicted octanol–water partition coefficient (Wildman–Crippen LogP) is 4.23. The van der Waals surface area contributed by atoms with E-state index in [0.717, 1.165) is 30.4 Å². The molecular formula is C16H23FO. The molecule has 0 spiro atoms. The summed E-state index contributed by atoms with van der Waals surface area (Å²) in [6.07, 6.45) is 4.59. The third-order valence-electron chi connectivity index (χ3n) is 4.30. The molecule has 1 saturated carbocycles. The molecule has 1 N–H and O–H groups in total. The summed E-state index contributed by atoms with van der Waals surface area (Å²) >= 11 is 0. The van der Waals surface area contributed by atoms with Gasteiger partial charge in [0.25, 0.3) is 0 Å². The molecule has 0 amide bonds. The predicted molar refractivity (Wildman–Crippen MR) is 72.0 cm³/mol. The molecule has 0 bridgehead atoms. The van der Waals surface area contributed by atoms with Crippen LogP contribution < -0.4 is 0 Å². The minimum Gasteiger partial charge on any atom is -0.385 e. The second-order valence-electron chi connectivity index (χ2n) is 5.84. The van der Waals surface area contributed by atoms with Gasteiger partial charge < -0.3 is 5.11 Å². The quantitative estimate of drug-likeness (QED) is 0.832. The van der Waals surface area contributed by atoms with E-state index < -0.39 is 5.60 Å². The monoisotopic (exact) mass is 250 g/mol. The molecule has 1 aliphatic carbocycles. The molecule has 0 radical (unpaired) electrons. The highest BCUT2D eigenvalue weighted by Gasteiger charge is 2.38. The summed E-state index contributed by atoms with van der Waals surface area (Å²) in [5.74, 6) is 0.274. The lowest BCUT2D eigenvalue weighted by Crippen LogP contribution is -2.34. The summed E-state index contributed by atoms with van der Waals surface area (Å²) in [5, 5.41) is 10.9. The number of rotatable bonds is 2. The van der Waals surface area contributed by atoms with E-state index >= 15 is 0 Å². The molecule has 18 heavy (non-hydrogen) atoms. The Morgan fingerprint density at radius 2 is 2.11 bits per heavy atom. The van der Waals surface area contributed by atoms with Crippen molar-refractivity contribution in [1.29, 1.82) is 0 Å². The molecule has 0 saturated heterocycles. The van der Waals surface area contributed by atoms with Crippen LogP contribution in [0.2, 0.25) is 0 Å². The molecule has 0 aliphatic heterocycles. The Morgan fingerprint density at radius 1 is 1.39 bits per heavy atom. The maximum atomic E-state index is 14.2. The first-order chi connectivity index (χ1) is 8.46. The topological polar surface area (TPSA) is 20.2 Å². The normalized spacial score (nSPS) is 28.4. The fourth-order valence-electron chi connectivity index (χ4n) is 3.45. The van der Waals surface area contributed by atoms with Crippen LogP contribution in [0.5, 0.6) is 0 Å².